The third-order valence-electron chi connectivity index (χ3n) is 4.49. The van der Waals surface area contributed by atoms with Gasteiger partial charge in [-0.25, -0.2) is 15.0 Å². The standard InChI is InChI=1S/C20H13ClF3N5O/c1-28(19(30)15-7-6-14(21)8-25-15)18-11-29-16(9-26-17(29)10-27-18)12-2-4-13(5-3-12)20(22,23)24/h2-11H,1H3. The molecule has 0 saturated heterocycles. The van der Waals surface area contributed by atoms with Gasteiger partial charge in [0.25, 0.3) is 5.91 Å². The summed E-state index contributed by atoms with van der Waals surface area (Å²) in [5.74, 6) is -0.0786. The van der Waals surface area contributed by atoms with Crippen molar-refractivity contribution in [1.82, 2.24) is 19.4 Å². The fourth-order valence-corrected chi connectivity index (χ4v) is 2.99. The number of halogens is 4. The average molecular weight is 432 g/mol. The number of carbonyl (C=O) groups is 1. The number of rotatable bonds is 3. The van der Waals surface area contributed by atoms with Crippen molar-refractivity contribution in [3.05, 3.63) is 77.5 Å². The van der Waals surface area contributed by atoms with Gasteiger partial charge in [-0.15, -0.1) is 0 Å². The zero-order chi connectivity index (χ0) is 21.5. The van der Waals surface area contributed by atoms with Gasteiger partial charge in [0.1, 0.15) is 5.69 Å². The highest BCUT2D eigenvalue weighted by atomic mass is 35.5. The summed E-state index contributed by atoms with van der Waals surface area (Å²) in [4.78, 5) is 26.5. The predicted molar refractivity (Wildman–Crippen MR) is 105 cm³/mol. The Labute approximate surface area is 173 Å². The molecule has 0 bridgehead atoms. The van der Waals surface area contributed by atoms with Crippen LogP contribution in [0.1, 0.15) is 16.1 Å². The van der Waals surface area contributed by atoms with Crippen molar-refractivity contribution in [2.45, 2.75) is 6.18 Å². The molecule has 1 amide bonds. The fourth-order valence-electron chi connectivity index (χ4n) is 2.87. The van der Waals surface area contributed by atoms with Crippen LogP contribution < -0.4 is 4.90 Å². The maximum atomic E-state index is 12.8. The summed E-state index contributed by atoms with van der Waals surface area (Å²) >= 11 is 5.80. The number of aromatic nitrogens is 4. The number of nitrogens with zero attached hydrogens (tertiary/aromatic N) is 5. The molecule has 152 valence electrons. The molecule has 3 heterocycles. The summed E-state index contributed by atoms with van der Waals surface area (Å²) in [6.07, 6.45) is 1.56. The Hall–Kier alpha value is -3.46. The molecular formula is C20H13ClF3N5O. The highest BCUT2D eigenvalue weighted by molar-refractivity contribution is 6.30. The molecule has 0 fully saturated rings. The molecule has 0 aliphatic rings. The van der Waals surface area contributed by atoms with E-state index in [1.165, 1.54) is 41.7 Å². The minimum Gasteiger partial charge on any atom is -0.295 e. The largest absolute Gasteiger partial charge is 0.416 e. The lowest BCUT2D eigenvalue weighted by Gasteiger charge is -2.16. The maximum absolute atomic E-state index is 12.8. The first kappa shape index (κ1) is 19.8. The zero-order valence-electron chi connectivity index (χ0n) is 15.4. The minimum absolute atomic E-state index is 0.192. The topological polar surface area (TPSA) is 63.4 Å². The van der Waals surface area contributed by atoms with E-state index in [1.54, 1.807) is 23.7 Å². The molecular weight excluding hydrogens is 419 g/mol. The van der Waals surface area contributed by atoms with Gasteiger partial charge in [-0.2, -0.15) is 13.2 Å². The van der Waals surface area contributed by atoms with E-state index in [1.807, 2.05) is 0 Å². The van der Waals surface area contributed by atoms with Crippen molar-refractivity contribution < 1.29 is 18.0 Å². The summed E-state index contributed by atoms with van der Waals surface area (Å²) in [6.45, 7) is 0. The Balaban J connectivity index is 1.69. The van der Waals surface area contributed by atoms with Crippen molar-refractivity contribution in [3.8, 4) is 11.3 Å². The highest BCUT2D eigenvalue weighted by Gasteiger charge is 2.30. The van der Waals surface area contributed by atoms with Crippen molar-refractivity contribution >= 4 is 29.0 Å². The van der Waals surface area contributed by atoms with Crippen LogP contribution in [0.2, 0.25) is 5.02 Å². The van der Waals surface area contributed by atoms with Gasteiger partial charge in [-0.05, 0) is 24.3 Å². The second-order valence-corrected chi connectivity index (χ2v) is 6.85. The lowest BCUT2D eigenvalue weighted by atomic mass is 10.1. The van der Waals surface area contributed by atoms with Crippen LogP contribution in [0.4, 0.5) is 19.0 Å². The van der Waals surface area contributed by atoms with E-state index in [4.69, 9.17) is 11.6 Å². The van der Waals surface area contributed by atoms with Crippen LogP contribution >= 0.6 is 11.6 Å². The van der Waals surface area contributed by atoms with Crippen LogP contribution in [0.3, 0.4) is 0 Å². The van der Waals surface area contributed by atoms with E-state index < -0.39 is 17.6 Å². The fraction of sp³-hybridized carbons (Fsp3) is 0.100. The number of pyridine rings is 1. The number of alkyl halides is 3. The quantitative estimate of drug-likeness (QED) is 0.470. The van der Waals surface area contributed by atoms with Crippen molar-refractivity contribution in [1.29, 1.82) is 0 Å². The average Bonchev–Trinajstić information content (AvgIpc) is 3.16. The number of hydrogen-bond donors (Lipinski definition) is 0. The molecule has 0 N–H and O–H groups in total. The molecule has 1 aromatic carbocycles. The van der Waals surface area contributed by atoms with Gasteiger partial charge in [0.05, 0.1) is 34.9 Å². The Bertz CT molecular complexity index is 1220. The molecule has 0 radical (unpaired) electrons. The molecule has 0 unspecified atom stereocenters. The number of amides is 1. The van der Waals surface area contributed by atoms with Gasteiger partial charge in [-0.3, -0.25) is 14.1 Å². The van der Waals surface area contributed by atoms with Crippen LogP contribution in [-0.4, -0.2) is 32.3 Å². The third kappa shape index (κ3) is 3.71. The zero-order valence-corrected chi connectivity index (χ0v) is 16.2. The molecule has 0 aliphatic carbocycles. The number of imidazole rings is 1. The van der Waals surface area contributed by atoms with Crippen LogP contribution in [0.25, 0.3) is 16.9 Å². The summed E-state index contributed by atoms with van der Waals surface area (Å²) in [5, 5.41) is 0.411. The number of hydrogen-bond acceptors (Lipinski definition) is 4. The van der Waals surface area contributed by atoms with Gasteiger partial charge in [0.15, 0.2) is 11.5 Å². The van der Waals surface area contributed by atoms with Crippen LogP contribution in [-0.2, 0) is 6.18 Å². The molecule has 3 aromatic heterocycles. The van der Waals surface area contributed by atoms with E-state index >= 15 is 0 Å². The van der Waals surface area contributed by atoms with E-state index in [0.29, 0.717) is 27.7 Å². The van der Waals surface area contributed by atoms with Gasteiger partial charge in [-0.1, -0.05) is 23.7 Å². The summed E-state index contributed by atoms with van der Waals surface area (Å²) in [7, 11) is 1.54. The first-order valence-corrected chi connectivity index (χ1v) is 9.02. The number of anilines is 1. The molecule has 0 spiro atoms. The number of benzene rings is 1. The summed E-state index contributed by atoms with van der Waals surface area (Å²) < 4.78 is 40.1. The SMILES string of the molecule is CN(C(=O)c1ccc(Cl)cn1)c1cn2c(-c3ccc(C(F)(F)F)cc3)cnc2cn1. The number of carbonyl (C=O) groups excluding carboxylic acids is 1. The first-order chi connectivity index (χ1) is 14.2. The third-order valence-corrected chi connectivity index (χ3v) is 4.71. The number of fused-ring (bicyclic) bond motifs is 1. The maximum Gasteiger partial charge on any atom is 0.416 e. The lowest BCUT2D eigenvalue weighted by molar-refractivity contribution is -0.137. The summed E-state index contributed by atoms with van der Waals surface area (Å²) in [5.41, 5.74) is 1.05. The Kier molecular flexibility index (Phi) is 4.90. The highest BCUT2D eigenvalue weighted by Crippen LogP contribution is 2.31. The first-order valence-electron chi connectivity index (χ1n) is 8.64. The predicted octanol–water partition coefficient (Wildman–Crippen LogP) is 4.74. The Morgan fingerprint density at radius 2 is 1.73 bits per heavy atom. The minimum atomic E-state index is -4.41. The molecule has 4 rings (SSSR count). The Morgan fingerprint density at radius 1 is 1.00 bits per heavy atom. The van der Waals surface area contributed by atoms with Crippen LogP contribution in [0.15, 0.2) is 61.2 Å². The molecule has 0 saturated carbocycles. The lowest BCUT2D eigenvalue weighted by Crippen LogP contribution is -2.28. The van der Waals surface area contributed by atoms with Gasteiger partial charge < -0.3 is 0 Å². The second-order valence-electron chi connectivity index (χ2n) is 6.42. The molecule has 30 heavy (non-hydrogen) atoms. The van der Waals surface area contributed by atoms with Gasteiger partial charge in [0, 0.05) is 18.8 Å². The van der Waals surface area contributed by atoms with Crippen LogP contribution in [0, 0.1) is 0 Å². The normalized spacial score (nSPS) is 11.6. The smallest absolute Gasteiger partial charge is 0.295 e. The van der Waals surface area contributed by atoms with Crippen molar-refractivity contribution in [2.75, 3.05) is 11.9 Å². The Morgan fingerprint density at radius 3 is 2.37 bits per heavy atom. The molecule has 6 nitrogen and oxygen atoms in total. The van der Waals surface area contributed by atoms with Gasteiger partial charge >= 0.3 is 6.18 Å². The van der Waals surface area contributed by atoms with Crippen molar-refractivity contribution in [3.63, 3.8) is 0 Å². The van der Waals surface area contributed by atoms with E-state index in [2.05, 4.69) is 15.0 Å². The van der Waals surface area contributed by atoms with Crippen LogP contribution in [0.5, 0.6) is 0 Å². The van der Waals surface area contributed by atoms with E-state index in [-0.39, 0.29) is 5.69 Å². The summed E-state index contributed by atoms with van der Waals surface area (Å²) in [6, 6.07) is 7.84. The molecule has 10 heteroatoms. The van der Waals surface area contributed by atoms with Gasteiger partial charge in [0.2, 0.25) is 0 Å². The van der Waals surface area contributed by atoms with E-state index in [9.17, 15) is 18.0 Å². The monoisotopic (exact) mass is 431 g/mol. The second kappa shape index (κ2) is 7.42. The molecule has 0 atom stereocenters. The van der Waals surface area contributed by atoms with E-state index in [0.717, 1.165) is 12.1 Å². The molecule has 0 aliphatic heterocycles. The molecule has 4 aromatic rings. The van der Waals surface area contributed by atoms with Crippen molar-refractivity contribution in [2.24, 2.45) is 0 Å².